The van der Waals surface area contributed by atoms with E-state index in [1.54, 1.807) is 6.92 Å². The third kappa shape index (κ3) is 5.71. The first-order valence-corrected chi connectivity index (χ1v) is 11.8. The maximum atomic E-state index is 13.2. The Morgan fingerprint density at radius 1 is 1.15 bits per heavy atom. The Kier molecular flexibility index (Phi) is 7.10. The quantitative estimate of drug-likeness (QED) is 0.511. The van der Waals surface area contributed by atoms with Gasteiger partial charge < -0.3 is 24.1 Å². The van der Waals surface area contributed by atoms with Crippen LogP contribution in [0.25, 0.3) is 0 Å². The van der Waals surface area contributed by atoms with E-state index < -0.39 is 28.4 Å². The summed E-state index contributed by atoms with van der Waals surface area (Å²) in [5.41, 5.74) is 0.101. The van der Waals surface area contributed by atoms with Crippen LogP contribution in [0.5, 0.6) is 17.4 Å². The number of ether oxygens (including phenoxy) is 3. The third-order valence-electron chi connectivity index (χ3n) is 4.83. The van der Waals surface area contributed by atoms with E-state index in [0.717, 1.165) is 0 Å². The SMILES string of the molecule is Cc1cc(OCC(=O)Nc2cc(S(=O)(=O)N3CCOCC3)ccc2Oc2ccc(F)cc2)no1. The summed E-state index contributed by atoms with van der Waals surface area (Å²) >= 11 is 0. The number of aromatic nitrogens is 1. The molecule has 1 saturated heterocycles. The van der Waals surface area contributed by atoms with Gasteiger partial charge in [0.1, 0.15) is 17.3 Å². The molecule has 0 bridgehead atoms. The summed E-state index contributed by atoms with van der Waals surface area (Å²) in [5, 5.41) is 6.25. The lowest BCUT2D eigenvalue weighted by atomic mass is 10.2. The van der Waals surface area contributed by atoms with Gasteiger partial charge in [0.25, 0.3) is 11.8 Å². The van der Waals surface area contributed by atoms with Crippen molar-refractivity contribution in [2.24, 2.45) is 0 Å². The van der Waals surface area contributed by atoms with Crippen LogP contribution >= 0.6 is 0 Å². The maximum absolute atomic E-state index is 13.2. The Hall–Kier alpha value is -3.48. The molecule has 34 heavy (non-hydrogen) atoms. The molecule has 1 fully saturated rings. The number of nitrogens with zero attached hydrogens (tertiary/aromatic N) is 2. The van der Waals surface area contributed by atoms with Gasteiger partial charge in [0.2, 0.25) is 10.0 Å². The highest BCUT2D eigenvalue weighted by Gasteiger charge is 2.27. The van der Waals surface area contributed by atoms with Crippen molar-refractivity contribution < 1.29 is 36.3 Å². The van der Waals surface area contributed by atoms with Gasteiger partial charge in [-0.05, 0) is 54.5 Å². The predicted octanol–water partition coefficient (Wildman–Crippen LogP) is 2.95. The first kappa shape index (κ1) is 23.7. The number of nitrogens with one attached hydrogen (secondary N) is 1. The van der Waals surface area contributed by atoms with Gasteiger partial charge in [-0.2, -0.15) is 4.31 Å². The molecule has 12 heteroatoms. The molecule has 2 heterocycles. The lowest BCUT2D eigenvalue weighted by Crippen LogP contribution is -2.40. The van der Waals surface area contributed by atoms with Gasteiger partial charge >= 0.3 is 0 Å². The molecule has 3 aromatic rings. The lowest BCUT2D eigenvalue weighted by molar-refractivity contribution is -0.118. The number of anilines is 1. The van der Waals surface area contributed by atoms with Crippen LogP contribution in [0.15, 0.2) is 57.9 Å². The molecule has 1 aromatic heterocycles. The Bertz CT molecular complexity index is 1260. The fourth-order valence-corrected chi connectivity index (χ4v) is 4.59. The number of carbonyl (C=O) groups excluding carboxylic acids is 1. The van der Waals surface area contributed by atoms with E-state index in [1.807, 2.05) is 0 Å². The number of rotatable bonds is 8. The predicted molar refractivity (Wildman–Crippen MR) is 118 cm³/mol. The second-order valence-electron chi connectivity index (χ2n) is 7.34. The van der Waals surface area contributed by atoms with Crippen molar-refractivity contribution in [2.45, 2.75) is 11.8 Å². The number of hydrogen-bond acceptors (Lipinski definition) is 8. The van der Waals surface area contributed by atoms with Crippen LogP contribution in [-0.4, -0.2) is 56.7 Å². The molecule has 0 radical (unpaired) electrons. The zero-order chi connectivity index (χ0) is 24.1. The fourth-order valence-electron chi connectivity index (χ4n) is 3.16. The molecule has 0 saturated carbocycles. The van der Waals surface area contributed by atoms with Gasteiger partial charge in [0.05, 0.1) is 23.8 Å². The van der Waals surface area contributed by atoms with Crippen LogP contribution in [0.3, 0.4) is 0 Å². The number of amides is 1. The molecule has 0 atom stereocenters. The maximum Gasteiger partial charge on any atom is 0.262 e. The summed E-state index contributed by atoms with van der Waals surface area (Å²) in [6, 6.07) is 10.9. The molecule has 0 aliphatic carbocycles. The van der Waals surface area contributed by atoms with Crippen molar-refractivity contribution >= 4 is 21.6 Å². The molecule has 180 valence electrons. The number of morpholine rings is 1. The van der Waals surface area contributed by atoms with Crippen molar-refractivity contribution in [3.8, 4) is 17.4 Å². The molecule has 1 aliphatic rings. The number of benzene rings is 2. The minimum Gasteiger partial charge on any atom is -0.465 e. The first-order chi connectivity index (χ1) is 16.3. The van der Waals surface area contributed by atoms with Crippen LogP contribution in [0.4, 0.5) is 10.1 Å². The molecule has 0 unspecified atom stereocenters. The zero-order valence-electron chi connectivity index (χ0n) is 18.2. The number of aryl methyl sites for hydroxylation is 1. The lowest BCUT2D eigenvalue weighted by Gasteiger charge is -2.26. The molecule has 1 aliphatic heterocycles. The van der Waals surface area contributed by atoms with Crippen molar-refractivity contribution in [1.82, 2.24) is 9.46 Å². The van der Waals surface area contributed by atoms with Crippen LogP contribution < -0.4 is 14.8 Å². The number of halogens is 1. The van der Waals surface area contributed by atoms with Crippen molar-refractivity contribution in [3.05, 3.63) is 60.1 Å². The van der Waals surface area contributed by atoms with Crippen molar-refractivity contribution in [3.63, 3.8) is 0 Å². The van der Waals surface area contributed by atoms with Gasteiger partial charge in [-0.1, -0.05) is 0 Å². The highest BCUT2D eigenvalue weighted by Crippen LogP contribution is 2.33. The molecule has 1 amide bonds. The average molecular weight is 491 g/mol. The molecular weight excluding hydrogens is 469 g/mol. The standard InChI is InChI=1S/C22H22FN3O7S/c1-15-12-22(25-33-15)31-14-21(27)24-19-13-18(34(28,29)26-8-10-30-11-9-26)6-7-20(19)32-17-4-2-16(23)3-5-17/h2-7,12-13H,8-11,14H2,1H3,(H,24,27). The van der Waals surface area contributed by atoms with E-state index in [1.165, 1.54) is 52.8 Å². The van der Waals surface area contributed by atoms with Crippen molar-refractivity contribution in [2.75, 3.05) is 38.2 Å². The average Bonchev–Trinajstić information content (AvgIpc) is 3.26. The van der Waals surface area contributed by atoms with E-state index in [2.05, 4.69) is 10.5 Å². The van der Waals surface area contributed by atoms with Crippen LogP contribution in [0.1, 0.15) is 5.76 Å². The van der Waals surface area contributed by atoms with Gasteiger partial charge in [-0.25, -0.2) is 12.8 Å². The Labute approximate surface area is 195 Å². The largest absolute Gasteiger partial charge is 0.465 e. The van der Waals surface area contributed by atoms with Crippen molar-refractivity contribution in [1.29, 1.82) is 0 Å². The summed E-state index contributed by atoms with van der Waals surface area (Å²) in [6.45, 7) is 2.33. The van der Waals surface area contributed by atoms with E-state index in [-0.39, 0.29) is 35.3 Å². The highest BCUT2D eigenvalue weighted by molar-refractivity contribution is 7.89. The minimum atomic E-state index is -3.82. The van der Waals surface area contributed by atoms with Crippen LogP contribution in [0.2, 0.25) is 0 Å². The summed E-state index contributed by atoms with van der Waals surface area (Å²) < 4.78 is 61.9. The molecule has 4 rings (SSSR count). The minimum absolute atomic E-state index is 0.0239. The number of carbonyl (C=O) groups is 1. The van der Waals surface area contributed by atoms with Gasteiger partial charge in [-0.15, -0.1) is 0 Å². The molecule has 2 aromatic carbocycles. The van der Waals surface area contributed by atoms with Gasteiger partial charge in [-0.3, -0.25) is 4.79 Å². The molecule has 1 N–H and O–H groups in total. The molecule has 10 nitrogen and oxygen atoms in total. The van der Waals surface area contributed by atoms with E-state index >= 15 is 0 Å². The zero-order valence-corrected chi connectivity index (χ0v) is 19.0. The fraction of sp³-hybridized carbons (Fsp3) is 0.273. The Morgan fingerprint density at radius 3 is 2.56 bits per heavy atom. The van der Waals surface area contributed by atoms with Crippen LogP contribution in [-0.2, 0) is 19.6 Å². The number of sulfonamides is 1. The summed E-state index contributed by atoms with van der Waals surface area (Å²) in [4.78, 5) is 12.5. The molecular formula is C22H22FN3O7S. The third-order valence-corrected chi connectivity index (χ3v) is 6.73. The Morgan fingerprint density at radius 2 is 1.88 bits per heavy atom. The normalized spacial score (nSPS) is 14.5. The first-order valence-electron chi connectivity index (χ1n) is 10.3. The second-order valence-corrected chi connectivity index (χ2v) is 9.28. The topological polar surface area (TPSA) is 120 Å². The van der Waals surface area contributed by atoms with E-state index in [4.69, 9.17) is 18.7 Å². The smallest absolute Gasteiger partial charge is 0.262 e. The van der Waals surface area contributed by atoms with Gasteiger partial charge in [0, 0.05) is 19.2 Å². The summed E-state index contributed by atoms with van der Waals surface area (Å²) in [6.07, 6.45) is 0. The van der Waals surface area contributed by atoms with Gasteiger partial charge in [0.15, 0.2) is 12.4 Å². The second kappa shape index (κ2) is 10.2. The number of hydrogen-bond donors (Lipinski definition) is 1. The van der Waals surface area contributed by atoms with E-state index in [9.17, 15) is 17.6 Å². The van der Waals surface area contributed by atoms with Crippen LogP contribution in [0, 0.1) is 12.7 Å². The monoisotopic (exact) mass is 491 g/mol. The Balaban J connectivity index is 1.58. The highest BCUT2D eigenvalue weighted by atomic mass is 32.2. The molecule has 0 spiro atoms. The van der Waals surface area contributed by atoms with E-state index in [0.29, 0.717) is 24.7 Å². The summed E-state index contributed by atoms with van der Waals surface area (Å²) in [5.74, 6) is 0.109. The summed E-state index contributed by atoms with van der Waals surface area (Å²) in [7, 11) is -3.82.